The molecule has 0 amide bonds. The van der Waals surface area contributed by atoms with Crippen LogP contribution in [0.15, 0.2) is 24.3 Å². The summed E-state index contributed by atoms with van der Waals surface area (Å²) in [5, 5.41) is 18.8. The molecule has 1 aromatic rings. The lowest BCUT2D eigenvalue weighted by Gasteiger charge is -1.89. The molecule has 1 aromatic carbocycles. The maximum atomic E-state index is 10.0. The Morgan fingerprint density at radius 1 is 1.33 bits per heavy atom. The van der Waals surface area contributed by atoms with Crippen LogP contribution in [-0.4, -0.2) is 16.3 Å². The Bertz CT molecular complexity index is 247. The molecule has 1 N–H and O–H groups in total. The SMILES string of the molecule is CS.O=[N+]([O-])c1ccc(O)cc1. The highest BCUT2D eigenvalue weighted by Gasteiger charge is 2.01. The molecule has 0 bridgehead atoms. The van der Waals surface area contributed by atoms with Crippen molar-refractivity contribution in [3.63, 3.8) is 0 Å². The van der Waals surface area contributed by atoms with Crippen molar-refractivity contribution < 1.29 is 10.0 Å². The van der Waals surface area contributed by atoms with E-state index in [4.69, 9.17) is 5.11 Å². The molecule has 12 heavy (non-hydrogen) atoms. The molecule has 0 aliphatic rings. The van der Waals surface area contributed by atoms with Gasteiger partial charge in [-0.05, 0) is 18.4 Å². The fourth-order valence-corrected chi connectivity index (χ4v) is 0.574. The van der Waals surface area contributed by atoms with E-state index in [1.54, 1.807) is 6.26 Å². The summed E-state index contributed by atoms with van der Waals surface area (Å²) < 4.78 is 0. The van der Waals surface area contributed by atoms with Gasteiger partial charge >= 0.3 is 0 Å². The number of rotatable bonds is 1. The highest BCUT2D eigenvalue weighted by atomic mass is 32.1. The number of nitrogens with zero attached hydrogens (tertiary/aromatic N) is 1. The maximum absolute atomic E-state index is 10.0. The van der Waals surface area contributed by atoms with Crippen LogP contribution in [0.1, 0.15) is 0 Å². The average Bonchev–Trinajstić information content (AvgIpc) is 2.09. The molecule has 1 rings (SSSR count). The number of hydrogen-bond acceptors (Lipinski definition) is 4. The quantitative estimate of drug-likeness (QED) is 0.400. The van der Waals surface area contributed by atoms with Crippen molar-refractivity contribution in [2.24, 2.45) is 0 Å². The predicted molar refractivity (Wildman–Crippen MR) is 49.7 cm³/mol. The van der Waals surface area contributed by atoms with Crippen molar-refractivity contribution in [2.45, 2.75) is 0 Å². The Hall–Kier alpha value is -1.23. The van der Waals surface area contributed by atoms with Crippen LogP contribution in [0.3, 0.4) is 0 Å². The van der Waals surface area contributed by atoms with Crippen LogP contribution < -0.4 is 0 Å². The van der Waals surface area contributed by atoms with Crippen LogP contribution in [0.5, 0.6) is 5.75 Å². The first-order valence-electron chi connectivity index (χ1n) is 3.08. The maximum Gasteiger partial charge on any atom is 0.269 e. The van der Waals surface area contributed by atoms with Gasteiger partial charge in [-0.15, -0.1) is 0 Å². The molecule has 0 aromatic heterocycles. The second kappa shape index (κ2) is 5.42. The lowest BCUT2D eigenvalue weighted by molar-refractivity contribution is -0.384. The molecule has 0 aliphatic heterocycles. The van der Waals surface area contributed by atoms with Crippen molar-refractivity contribution in [1.82, 2.24) is 0 Å². The van der Waals surface area contributed by atoms with Gasteiger partial charge in [0, 0.05) is 12.1 Å². The normalized spacial score (nSPS) is 8.17. The van der Waals surface area contributed by atoms with Gasteiger partial charge in [0.05, 0.1) is 4.92 Å². The molecule has 66 valence electrons. The zero-order valence-corrected chi connectivity index (χ0v) is 7.36. The van der Waals surface area contributed by atoms with E-state index in [2.05, 4.69) is 12.6 Å². The number of benzene rings is 1. The van der Waals surface area contributed by atoms with E-state index < -0.39 is 4.92 Å². The first kappa shape index (κ1) is 10.8. The van der Waals surface area contributed by atoms with Crippen LogP contribution in [0.4, 0.5) is 5.69 Å². The van der Waals surface area contributed by atoms with Crippen molar-refractivity contribution in [1.29, 1.82) is 0 Å². The number of nitro groups is 1. The summed E-state index contributed by atoms with van der Waals surface area (Å²) in [6.07, 6.45) is 1.69. The lowest BCUT2D eigenvalue weighted by atomic mass is 10.3. The van der Waals surface area contributed by atoms with E-state index in [9.17, 15) is 10.1 Å². The minimum Gasteiger partial charge on any atom is -0.508 e. The van der Waals surface area contributed by atoms with Gasteiger partial charge < -0.3 is 5.11 Å². The van der Waals surface area contributed by atoms with Crippen molar-refractivity contribution in [3.8, 4) is 5.75 Å². The average molecular weight is 187 g/mol. The summed E-state index contributed by atoms with van der Waals surface area (Å²) in [5.74, 6) is 0.0330. The Morgan fingerprint density at radius 3 is 2.08 bits per heavy atom. The van der Waals surface area contributed by atoms with Crippen LogP contribution in [0.25, 0.3) is 0 Å². The minimum atomic E-state index is -0.514. The third-order valence-electron chi connectivity index (χ3n) is 1.06. The topological polar surface area (TPSA) is 63.4 Å². The molecular formula is C7H9NO3S. The Labute approximate surface area is 75.4 Å². The van der Waals surface area contributed by atoms with Crippen LogP contribution >= 0.6 is 12.6 Å². The lowest BCUT2D eigenvalue weighted by Crippen LogP contribution is -1.85. The highest BCUT2D eigenvalue weighted by molar-refractivity contribution is 7.79. The van der Waals surface area contributed by atoms with Crippen molar-refractivity contribution in [2.75, 3.05) is 6.26 Å². The monoisotopic (exact) mass is 187 g/mol. The minimum absolute atomic E-state index is 0.0159. The van der Waals surface area contributed by atoms with Gasteiger partial charge in [0.2, 0.25) is 0 Å². The third kappa shape index (κ3) is 3.25. The van der Waals surface area contributed by atoms with Gasteiger partial charge in [-0.25, -0.2) is 0 Å². The summed E-state index contributed by atoms with van der Waals surface area (Å²) in [5.41, 5.74) is -0.0159. The number of phenols is 1. The summed E-state index contributed by atoms with van der Waals surface area (Å²) in [6, 6.07) is 5.04. The largest absolute Gasteiger partial charge is 0.508 e. The second-order valence-corrected chi connectivity index (χ2v) is 1.77. The van der Waals surface area contributed by atoms with Crippen LogP contribution in [-0.2, 0) is 0 Å². The standard InChI is InChI=1S/C6H5NO3.CH4S/c8-6-3-1-5(2-4-6)7(9)10;1-2/h1-4,8H;2H,1H3. The smallest absolute Gasteiger partial charge is 0.269 e. The van der Waals surface area contributed by atoms with Gasteiger partial charge in [-0.2, -0.15) is 12.6 Å². The predicted octanol–water partition coefficient (Wildman–Crippen LogP) is 1.85. The molecule has 0 heterocycles. The fraction of sp³-hybridized carbons (Fsp3) is 0.143. The van der Waals surface area contributed by atoms with E-state index in [0.717, 1.165) is 0 Å². The molecule has 0 aliphatic carbocycles. The first-order chi connectivity index (χ1) is 5.70. The third-order valence-corrected chi connectivity index (χ3v) is 1.06. The number of hydrogen-bond donors (Lipinski definition) is 2. The molecule has 0 saturated heterocycles. The summed E-state index contributed by atoms with van der Waals surface area (Å²) in [4.78, 5) is 9.52. The molecule has 0 atom stereocenters. The molecule has 0 unspecified atom stereocenters. The van der Waals surface area contributed by atoms with Gasteiger partial charge in [0.15, 0.2) is 0 Å². The molecule has 0 fully saturated rings. The summed E-state index contributed by atoms with van der Waals surface area (Å²) in [6.45, 7) is 0. The molecule has 4 nitrogen and oxygen atoms in total. The molecular weight excluding hydrogens is 178 g/mol. The fourth-order valence-electron chi connectivity index (χ4n) is 0.574. The van der Waals surface area contributed by atoms with E-state index >= 15 is 0 Å². The zero-order valence-electron chi connectivity index (χ0n) is 6.47. The molecule has 5 heteroatoms. The van der Waals surface area contributed by atoms with E-state index in [-0.39, 0.29) is 11.4 Å². The van der Waals surface area contributed by atoms with Crippen molar-refractivity contribution >= 4 is 18.3 Å². The Kier molecular flexibility index (Phi) is 4.87. The van der Waals surface area contributed by atoms with Gasteiger partial charge in [0.25, 0.3) is 5.69 Å². The zero-order chi connectivity index (χ0) is 9.56. The van der Waals surface area contributed by atoms with Gasteiger partial charge in [-0.3, -0.25) is 10.1 Å². The van der Waals surface area contributed by atoms with Gasteiger partial charge in [-0.1, -0.05) is 0 Å². The number of aromatic hydroxyl groups is 1. The first-order valence-corrected chi connectivity index (χ1v) is 3.98. The van der Waals surface area contributed by atoms with Crippen molar-refractivity contribution in [3.05, 3.63) is 34.4 Å². The highest BCUT2D eigenvalue weighted by Crippen LogP contribution is 2.14. The van der Waals surface area contributed by atoms with E-state index in [1.165, 1.54) is 24.3 Å². The second-order valence-electron chi connectivity index (χ2n) is 1.77. The Morgan fingerprint density at radius 2 is 1.75 bits per heavy atom. The number of non-ortho nitro benzene ring substituents is 1. The summed E-state index contributed by atoms with van der Waals surface area (Å²) in [7, 11) is 0. The number of nitro benzene ring substituents is 1. The number of phenolic OH excluding ortho intramolecular Hbond substituents is 1. The number of thiol groups is 1. The molecule has 0 spiro atoms. The summed E-state index contributed by atoms with van der Waals surface area (Å²) >= 11 is 3.53. The van der Waals surface area contributed by atoms with E-state index in [1.807, 2.05) is 0 Å². The van der Waals surface area contributed by atoms with Crippen LogP contribution in [0, 0.1) is 10.1 Å². The molecule has 0 saturated carbocycles. The molecule has 0 radical (unpaired) electrons. The van der Waals surface area contributed by atoms with Gasteiger partial charge in [0.1, 0.15) is 5.75 Å². The Balaban J connectivity index is 0.000000561. The van der Waals surface area contributed by atoms with Crippen LogP contribution in [0.2, 0.25) is 0 Å². The van der Waals surface area contributed by atoms with E-state index in [0.29, 0.717) is 0 Å².